The van der Waals surface area contributed by atoms with Crippen molar-refractivity contribution in [3.8, 4) is 0 Å². The first-order valence-corrected chi connectivity index (χ1v) is 17.0. The Balaban J connectivity index is 2.37. The van der Waals surface area contributed by atoms with E-state index >= 15 is 0 Å². The zero-order valence-corrected chi connectivity index (χ0v) is 30.3. The molecule has 0 bridgehead atoms. The number of nitrogens with one attached hydrogen (secondary N) is 1. The summed E-state index contributed by atoms with van der Waals surface area (Å²) in [5.41, 5.74) is -1.59. The van der Waals surface area contributed by atoms with Crippen LogP contribution in [-0.4, -0.2) is 102 Å². The Hall–Kier alpha value is -1.67. The molecule has 0 saturated heterocycles. The number of ether oxygens (including phenoxy) is 4. The Morgan fingerprint density at radius 1 is 0.783 bits per heavy atom. The average Bonchev–Trinajstić information content (AvgIpc) is 2.80. The van der Waals surface area contributed by atoms with Crippen LogP contribution in [0.5, 0.6) is 0 Å². The summed E-state index contributed by atoms with van der Waals surface area (Å²) in [6.07, 6.45) is -2.70. The summed E-state index contributed by atoms with van der Waals surface area (Å²) in [6, 6.07) is 0. The molecule has 0 aromatic rings. The minimum atomic E-state index is -1.07. The van der Waals surface area contributed by atoms with Crippen LogP contribution in [0.25, 0.3) is 0 Å². The maximum Gasteiger partial charge on any atom is 0.408 e. The smallest absolute Gasteiger partial charge is 0.408 e. The van der Waals surface area contributed by atoms with E-state index in [2.05, 4.69) is 5.32 Å². The second kappa shape index (κ2) is 16.2. The zero-order valence-electron chi connectivity index (χ0n) is 29.5. The normalized spacial score (nSPS) is 31.0. The van der Waals surface area contributed by atoms with Crippen LogP contribution in [0, 0.1) is 0 Å². The van der Waals surface area contributed by atoms with E-state index in [1.165, 1.54) is 6.08 Å². The van der Waals surface area contributed by atoms with E-state index in [1.807, 2.05) is 76.2 Å². The van der Waals surface area contributed by atoms with Crippen molar-refractivity contribution in [3.63, 3.8) is 0 Å². The quantitative estimate of drug-likeness (QED) is 0.179. The van der Waals surface area contributed by atoms with Crippen molar-refractivity contribution < 1.29 is 49.0 Å². The first kappa shape index (κ1) is 40.5. The topological polar surface area (TPSA) is 164 Å². The van der Waals surface area contributed by atoms with E-state index in [1.54, 1.807) is 12.2 Å². The van der Waals surface area contributed by atoms with Gasteiger partial charge in [0.05, 0.1) is 47.8 Å². The van der Waals surface area contributed by atoms with Gasteiger partial charge in [-0.25, -0.2) is 9.59 Å². The molecule has 0 aromatic heterocycles. The number of rotatable bonds is 7. The molecule has 8 atom stereocenters. The highest BCUT2D eigenvalue weighted by Crippen LogP contribution is 2.35. The monoisotopic (exact) mass is 673 g/mol. The first-order chi connectivity index (χ1) is 20.8. The molecule has 12 heteroatoms. The van der Waals surface area contributed by atoms with E-state index < -0.39 is 77.0 Å². The fourth-order valence-electron chi connectivity index (χ4n) is 5.43. The van der Waals surface area contributed by atoms with Crippen LogP contribution >= 0.6 is 11.8 Å². The molecular weight excluding hydrogens is 614 g/mol. The van der Waals surface area contributed by atoms with Crippen molar-refractivity contribution in [2.75, 3.05) is 0 Å². The van der Waals surface area contributed by atoms with Crippen LogP contribution in [0.15, 0.2) is 23.8 Å². The number of aliphatic hydroxyl groups excluding tert-OH is 4. The van der Waals surface area contributed by atoms with Gasteiger partial charge in [-0.1, -0.05) is 32.9 Å². The van der Waals surface area contributed by atoms with Gasteiger partial charge in [-0.15, -0.1) is 0 Å². The van der Waals surface area contributed by atoms with Crippen molar-refractivity contribution in [3.05, 3.63) is 23.8 Å². The molecule has 2 aliphatic rings. The Labute approximate surface area is 279 Å². The van der Waals surface area contributed by atoms with Gasteiger partial charge >= 0.3 is 11.4 Å². The minimum Gasteiger partial charge on any atom is -0.450 e. The number of hydrogen-bond donors (Lipinski definition) is 5. The van der Waals surface area contributed by atoms with Crippen molar-refractivity contribution in [1.82, 2.24) is 5.32 Å². The van der Waals surface area contributed by atoms with E-state index in [0.29, 0.717) is 5.57 Å². The molecule has 0 saturated carbocycles. The summed E-state index contributed by atoms with van der Waals surface area (Å²) >= 11 is 1.05. The van der Waals surface area contributed by atoms with Crippen molar-refractivity contribution in [1.29, 1.82) is 0 Å². The standard InChI is InChI=1S/C34H59NO10S/c1-31(2,3)35-29(40)43-26-18-28(44-32(4,5)6)25(39)16-22(37)14-20(26)19-34(10,11)45-27-17-23(13-12-21(36)15-24(27)38)42-30(41)46-33(7,8)9/h12-14,21-28,36-39H,15-19H2,1-11H3,(H,35,40)/b13-12+,20-14?. The van der Waals surface area contributed by atoms with Gasteiger partial charge in [0.1, 0.15) is 12.2 Å². The average molecular weight is 674 g/mol. The predicted molar refractivity (Wildman–Crippen MR) is 179 cm³/mol. The lowest BCUT2D eigenvalue weighted by molar-refractivity contribution is -0.140. The molecule has 11 nitrogen and oxygen atoms in total. The van der Waals surface area contributed by atoms with Gasteiger partial charge in [-0.05, 0) is 78.8 Å². The second-order valence-electron chi connectivity index (χ2n) is 16.1. The highest BCUT2D eigenvalue weighted by atomic mass is 32.2. The van der Waals surface area contributed by atoms with Gasteiger partial charge in [0.2, 0.25) is 0 Å². The van der Waals surface area contributed by atoms with Crippen molar-refractivity contribution in [2.45, 2.75) is 179 Å². The summed E-state index contributed by atoms with van der Waals surface area (Å²) in [5.74, 6) is 0. The molecule has 8 unspecified atom stereocenters. The van der Waals surface area contributed by atoms with Crippen LogP contribution in [0.1, 0.15) is 108 Å². The highest BCUT2D eigenvalue weighted by molar-refractivity contribution is 8.14. The third-order valence-electron chi connectivity index (χ3n) is 7.07. The predicted octanol–water partition coefficient (Wildman–Crippen LogP) is 5.17. The van der Waals surface area contributed by atoms with Gasteiger partial charge in [0.25, 0.3) is 0 Å². The van der Waals surface area contributed by atoms with E-state index in [4.69, 9.17) is 18.9 Å². The van der Waals surface area contributed by atoms with Crippen LogP contribution in [0.4, 0.5) is 9.59 Å². The number of carbonyl (C=O) groups excluding carboxylic acids is 2. The highest BCUT2D eigenvalue weighted by Gasteiger charge is 2.39. The number of carbonyl (C=O) groups is 2. The molecule has 0 fully saturated rings. The van der Waals surface area contributed by atoms with Gasteiger partial charge < -0.3 is 44.7 Å². The number of amides is 1. The van der Waals surface area contributed by atoms with Crippen LogP contribution in [0.2, 0.25) is 0 Å². The third kappa shape index (κ3) is 15.5. The minimum absolute atomic E-state index is 0.0254. The maximum atomic E-state index is 13.0. The molecule has 2 rings (SSSR count). The molecule has 46 heavy (non-hydrogen) atoms. The SMILES string of the molecule is CC(C)(C)NC(=O)OC1CC(OC(C)(C)C)C(O)CC(O)C=C1CC(C)(C)OC1CC(OC(=O)SC(C)(C)C)/C=C/C(O)CC1O. The Kier molecular flexibility index (Phi) is 14.2. The summed E-state index contributed by atoms with van der Waals surface area (Å²) in [7, 11) is 0. The largest absolute Gasteiger partial charge is 0.450 e. The summed E-state index contributed by atoms with van der Waals surface area (Å²) in [4.78, 5) is 25.6. The Morgan fingerprint density at radius 2 is 1.35 bits per heavy atom. The summed E-state index contributed by atoms with van der Waals surface area (Å²) in [5, 5.41) is 45.8. The molecule has 0 aromatic carbocycles. The Bertz CT molecular complexity index is 1070. The van der Waals surface area contributed by atoms with E-state index in [0.717, 1.165) is 11.8 Å². The number of thioether (sulfide) groups is 1. The van der Waals surface area contributed by atoms with Crippen LogP contribution < -0.4 is 5.32 Å². The lowest BCUT2D eigenvalue weighted by Gasteiger charge is -2.39. The molecule has 0 aliphatic heterocycles. The molecule has 1 amide bonds. The van der Waals surface area contributed by atoms with Crippen LogP contribution in [0.3, 0.4) is 0 Å². The number of hydrogen-bond acceptors (Lipinski definition) is 11. The van der Waals surface area contributed by atoms with E-state index in [9.17, 15) is 30.0 Å². The molecule has 0 heterocycles. The van der Waals surface area contributed by atoms with Crippen molar-refractivity contribution >= 4 is 23.2 Å². The molecule has 266 valence electrons. The molecule has 5 N–H and O–H groups in total. The third-order valence-corrected chi connectivity index (χ3v) is 7.95. The summed E-state index contributed by atoms with van der Waals surface area (Å²) < 4.78 is 24.0. The van der Waals surface area contributed by atoms with Gasteiger partial charge in [-0.2, -0.15) is 0 Å². The number of alkyl carbamates (subject to hydrolysis) is 1. The first-order valence-electron chi connectivity index (χ1n) is 16.2. The van der Waals surface area contributed by atoms with Gasteiger partial charge in [0.15, 0.2) is 0 Å². The maximum absolute atomic E-state index is 13.0. The second-order valence-corrected chi connectivity index (χ2v) is 17.9. The molecule has 2 aliphatic carbocycles. The molecular formula is C34H59NO10S. The molecule has 0 spiro atoms. The van der Waals surface area contributed by atoms with E-state index in [-0.39, 0.29) is 36.9 Å². The van der Waals surface area contributed by atoms with Gasteiger partial charge in [-0.3, -0.25) is 0 Å². The Morgan fingerprint density at radius 3 is 1.89 bits per heavy atom. The van der Waals surface area contributed by atoms with Crippen LogP contribution in [-0.2, 0) is 18.9 Å². The molecule has 0 radical (unpaired) electrons. The van der Waals surface area contributed by atoms with Gasteiger partial charge in [0, 0.05) is 42.4 Å². The van der Waals surface area contributed by atoms with Crippen molar-refractivity contribution in [2.24, 2.45) is 0 Å². The lowest BCUT2D eigenvalue weighted by atomic mass is 9.86. The lowest BCUT2D eigenvalue weighted by Crippen LogP contribution is -2.47. The number of aliphatic hydroxyl groups is 4. The zero-order chi connectivity index (χ0) is 35.3. The fraction of sp³-hybridized carbons (Fsp3) is 0.824. The fourth-order valence-corrected chi connectivity index (χ4v) is 6.10. The summed E-state index contributed by atoms with van der Waals surface area (Å²) in [6.45, 7) is 20.4.